The zero-order valence-electron chi connectivity index (χ0n) is 9.86. The van der Waals surface area contributed by atoms with E-state index in [2.05, 4.69) is 10.2 Å². The van der Waals surface area contributed by atoms with Gasteiger partial charge in [0.2, 0.25) is 0 Å². The van der Waals surface area contributed by atoms with E-state index in [0.717, 1.165) is 17.0 Å². The second-order valence-corrected chi connectivity index (χ2v) is 3.74. The van der Waals surface area contributed by atoms with E-state index in [9.17, 15) is 4.79 Å². The number of hydrogen-bond donors (Lipinski definition) is 1. The van der Waals surface area contributed by atoms with Crippen molar-refractivity contribution in [2.24, 2.45) is 0 Å². The molecule has 4 heteroatoms. The lowest BCUT2D eigenvalue weighted by atomic mass is 10.1. The SMILES string of the molecule is CCOC(=O)c1cccc(-c2cc(C)[nH]n2)c1. The highest BCUT2D eigenvalue weighted by molar-refractivity contribution is 5.90. The molecular formula is C13H14N2O2. The molecule has 0 radical (unpaired) electrons. The predicted octanol–water partition coefficient (Wildman–Crippen LogP) is 2.56. The summed E-state index contributed by atoms with van der Waals surface area (Å²) in [6.45, 7) is 4.11. The molecule has 0 aliphatic carbocycles. The standard InChI is InChI=1S/C13H14N2O2/c1-3-17-13(16)11-6-4-5-10(8-11)12-7-9(2)14-15-12/h4-8H,3H2,1-2H3,(H,14,15). The number of esters is 1. The summed E-state index contributed by atoms with van der Waals surface area (Å²) in [6.07, 6.45) is 0. The smallest absolute Gasteiger partial charge is 0.338 e. The Morgan fingerprint density at radius 1 is 1.41 bits per heavy atom. The van der Waals surface area contributed by atoms with E-state index in [1.165, 1.54) is 0 Å². The molecule has 0 aliphatic heterocycles. The number of carbonyl (C=O) groups is 1. The molecule has 0 unspecified atom stereocenters. The van der Waals surface area contributed by atoms with Gasteiger partial charge in [0, 0.05) is 11.3 Å². The lowest BCUT2D eigenvalue weighted by Crippen LogP contribution is -2.04. The van der Waals surface area contributed by atoms with Crippen molar-refractivity contribution in [3.63, 3.8) is 0 Å². The molecule has 0 fully saturated rings. The Morgan fingerprint density at radius 2 is 2.24 bits per heavy atom. The second-order valence-electron chi connectivity index (χ2n) is 3.74. The van der Waals surface area contributed by atoms with Crippen molar-refractivity contribution in [3.8, 4) is 11.3 Å². The quantitative estimate of drug-likeness (QED) is 0.824. The average Bonchev–Trinajstić information content (AvgIpc) is 2.76. The summed E-state index contributed by atoms with van der Waals surface area (Å²) in [4.78, 5) is 11.6. The molecule has 0 atom stereocenters. The Balaban J connectivity index is 2.31. The molecular weight excluding hydrogens is 216 g/mol. The van der Waals surface area contributed by atoms with Crippen molar-refractivity contribution in [3.05, 3.63) is 41.6 Å². The number of rotatable bonds is 3. The van der Waals surface area contributed by atoms with Crippen LogP contribution in [0.4, 0.5) is 0 Å². The van der Waals surface area contributed by atoms with E-state index in [1.807, 2.05) is 25.1 Å². The van der Waals surface area contributed by atoms with Crippen LogP contribution in [0.1, 0.15) is 23.0 Å². The fraction of sp³-hybridized carbons (Fsp3) is 0.231. The maximum Gasteiger partial charge on any atom is 0.338 e. The molecule has 4 nitrogen and oxygen atoms in total. The molecule has 2 rings (SSSR count). The van der Waals surface area contributed by atoms with Gasteiger partial charge in [-0.25, -0.2) is 4.79 Å². The Labute approximate surface area is 99.6 Å². The number of hydrogen-bond acceptors (Lipinski definition) is 3. The zero-order chi connectivity index (χ0) is 12.3. The summed E-state index contributed by atoms with van der Waals surface area (Å²) >= 11 is 0. The third-order valence-electron chi connectivity index (χ3n) is 2.38. The van der Waals surface area contributed by atoms with Crippen LogP contribution in [-0.4, -0.2) is 22.8 Å². The van der Waals surface area contributed by atoms with Gasteiger partial charge in [0.1, 0.15) is 0 Å². The van der Waals surface area contributed by atoms with Crippen LogP contribution in [0.3, 0.4) is 0 Å². The zero-order valence-corrected chi connectivity index (χ0v) is 9.86. The maximum atomic E-state index is 11.6. The van der Waals surface area contributed by atoms with E-state index in [4.69, 9.17) is 4.74 Å². The van der Waals surface area contributed by atoms with Crippen molar-refractivity contribution < 1.29 is 9.53 Å². The summed E-state index contributed by atoms with van der Waals surface area (Å²) in [6, 6.07) is 9.20. The number of H-pyrrole nitrogens is 1. The molecule has 0 amide bonds. The van der Waals surface area contributed by atoms with Crippen LogP contribution in [0.15, 0.2) is 30.3 Å². The first kappa shape index (κ1) is 11.4. The van der Waals surface area contributed by atoms with E-state index in [-0.39, 0.29) is 5.97 Å². The number of ether oxygens (including phenoxy) is 1. The highest BCUT2D eigenvalue weighted by Crippen LogP contribution is 2.19. The van der Waals surface area contributed by atoms with Crippen LogP contribution < -0.4 is 0 Å². The molecule has 1 N–H and O–H groups in total. The van der Waals surface area contributed by atoms with E-state index < -0.39 is 0 Å². The first-order valence-electron chi connectivity index (χ1n) is 5.50. The van der Waals surface area contributed by atoms with Crippen molar-refractivity contribution in [2.75, 3.05) is 6.61 Å². The van der Waals surface area contributed by atoms with E-state index >= 15 is 0 Å². The van der Waals surface area contributed by atoms with Crippen LogP contribution in [0.25, 0.3) is 11.3 Å². The van der Waals surface area contributed by atoms with Crippen molar-refractivity contribution in [1.82, 2.24) is 10.2 Å². The minimum atomic E-state index is -0.304. The van der Waals surface area contributed by atoms with Gasteiger partial charge in [-0.2, -0.15) is 5.10 Å². The van der Waals surface area contributed by atoms with Crippen LogP contribution >= 0.6 is 0 Å². The van der Waals surface area contributed by atoms with Gasteiger partial charge in [-0.05, 0) is 32.0 Å². The third kappa shape index (κ3) is 2.53. The predicted molar refractivity (Wildman–Crippen MR) is 64.7 cm³/mol. The van der Waals surface area contributed by atoms with Crippen molar-refractivity contribution in [1.29, 1.82) is 0 Å². The lowest BCUT2D eigenvalue weighted by Gasteiger charge is -2.03. The van der Waals surface area contributed by atoms with Gasteiger partial charge in [-0.1, -0.05) is 12.1 Å². The fourth-order valence-corrected chi connectivity index (χ4v) is 1.59. The van der Waals surface area contributed by atoms with Crippen LogP contribution in [0, 0.1) is 6.92 Å². The number of aromatic nitrogens is 2. The van der Waals surface area contributed by atoms with Crippen LogP contribution in [0.2, 0.25) is 0 Å². The van der Waals surface area contributed by atoms with Gasteiger partial charge in [-0.3, -0.25) is 5.10 Å². The Hall–Kier alpha value is -2.10. The highest BCUT2D eigenvalue weighted by Gasteiger charge is 2.08. The largest absolute Gasteiger partial charge is 0.462 e. The normalized spacial score (nSPS) is 10.2. The Kier molecular flexibility index (Phi) is 3.23. The van der Waals surface area contributed by atoms with Crippen LogP contribution in [0.5, 0.6) is 0 Å². The first-order valence-corrected chi connectivity index (χ1v) is 5.50. The number of aromatic amines is 1. The average molecular weight is 230 g/mol. The Morgan fingerprint density at radius 3 is 2.88 bits per heavy atom. The molecule has 0 saturated heterocycles. The summed E-state index contributed by atoms with van der Waals surface area (Å²) in [5.74, 6) is -0.304. The van der Waals surface area contributed by atoms with Gasteiger partial charge < -0.3 is 4.74 Å². The van der Waals surface area contributed by atoms with E-state index in [0.29, 0.717) is 12.2 Å². The minimum Gasteiger partial charge on any atom is -0.462 e. The van der Waals surface area contributed by atoms with Gasteiger partial charge in [0.05, 0.1) is 17.9 Å². The third-order valence-corrected chi connectivity index (χ3v) is 2.38. The number of nitrogens with zero attached hydrogens (tertiary/aromatic N) is 1. The maximum absolute atomic E-state index is 11.6. The molecule has 88 valence electrons. The molecule has 17 heavy (non-hydrogen) atoms. The molecule has 0 saturated carbocycles. The van der Waals surface area contributed by atoms with Gasteiger partial charge in [0.25, 0.3) is 0 Å². The van der Waals surface area contributed by atoms with Crippen molar-refractivity contribution in [2.45, 2.75) is 13.8 Å². The molecule has 1 aromatic heterocycles. The van der Waals surface area contributed by atoms with Gasteiger partial charge in [0.15, 0.2) is 0 Å². The summed E-state index contributed by atoms with van der Waals surface area (Å²) in [7, 11) is 0. The summed E-state index contributed by atoms with van der Waals surface area (Å²) in [5.41, 5.74) is 3.26. The number of carbonyl (C=O) groups excluding carboxylic acids is 1. The lowest BCUT2D eigenvalue weighted by molar-refractivity contribution is 0.0526. The van der Waals surface area contributed by atoms with E-state index in [1.54, 1.807) is 19.1 Å². The molecule has 2 aromatic rings. The molecule has 1 aromatic carbocycles. The highest BCUT2D eigenvalue weighted by atomic mass is 16.5. The molecule has 0 aliphatic rings. The molecule has 0 spiro atoms. The molecule has 0 bridgehead atoms. The number of nitrogens with one attached hydrogen (secondary N) is 1. The summed E-state index contributed by atoms with van der Waals surface area (Å²) in [5, 5.41) is 7.03. The monoisotopic (exact) mass is 230 g/mol. The second kappa shape index (κ2) is 4.82. The fourth-order valence-electron chi connectivity index (χ4n) is 1.59. The van der Waals surface area contributed by atoms with Crippen LogP contribution in [-0.2, 0) is 4.74 Å². The summed E-state index contributed by atoms with van der Waals surface area (Å²) < 4.78 is 4.96. The Bertz CT molecular complexity index is 532. The van der Waals surface area contributed by atoms with Gasteiger partial charge in [-0.15, -0.1) is 0 Å². The number of aryl methyl sites for hydroxylation is 1. The van der Waals surface area contributed by atoms with Gasteiger partial charge >= 0.3 is 5.97 Å². The minimum absolute atomic E-state index is 0.304. The molecule has 1 heterocycles. The number of benzene rings is 1. The van der Waals surface area contributed by atoms with Crippen molar-refractivity contribution >= 4 is 5.97 Å². The topological polar surface area (TPSA) is 55.0 Å². The first-order chi connectivity index (χ1) is 8.20.